The highest BCUT2D eigenvalue weighted by Gasteiger charge is 2.39. The van der Waals surface area contributed by atoms with E-state index in [1.54, 1.807) is 0 Å². The van der Waals surface area contributed by atoms with Crippen molar-refractivity contribution in [1.29, 1.82) is 0 Å². The molecule has 1 fully saturated rings. The van der Waals surface area contributed by atoms with E-state index in [0.717, 1.165) is 23.4 Å². The standard InChI is InChI=1S/C12H13ClO/c13-11-4-2-1-3-10(11)5-6-12(9-14)7-8-12/h1-6,14H,7-9H2. The van der Waals surface area contributed by atoms with Gasteiger partial charge in [-0.15, -0.1) is 0 Å². The summed E-state index contributed by atoms with van der Waals surface area (Å²) in [7, 11) is 0. The van der Waals surface area contributed by atoms with Gasteiger partial charge in [0.05, 0.1) is 6.61 Å². The number of aliphatic hydroxyl groups is 1. The zero-order valence-corrected chi connectivity index (χ0v) is 8.67. The van der Waals surface area contributed by atoms with Crippen molar-refractivity contribution in [3.05, 3.63) is 40.9 Å². The molecule has 0 aliphatic heterocycles. The molecular weight excluding hydrogens is 196 g/mol. The van der Waals surface area contributed by atoms with Crippen molar-refractivity contribution >= 4 is 17.7 Å². The summed E-state index contributed by atoms with van der Waals surface area (Å²) in [4.78, 5) is 0. The maximum atomic E-state index is 9.12. The van der Waals surface area contributed by atoms with E-state index in [-0.39, 0.29) is 12.0 Å². The van der Waals surface area contributed by atoms with Crippen LogP contribution in [-0.2, 0) is 0 Å². The van der Waals surface area contributed by atoms with E-state index in [1.807, 2.05) is 30.3 Å². The van der Waals surface area contributed by atoms with E-state index in [0.29, 0.717) is 0 Å². The maximum absolute atomic E-state index is 9.12. The monoisotopic (exact) mass is 208 g/mol. The van der Waals surface area contributed by atoms with Crippen LogP contribution >= 0.6 is 11.6 Å². The largest absolute Gasteiger partial charge is 0.395 e. The first-order chi connectivity index (χ1) is 6.76. The predicted octanol–water partition coefficient (Wildman–Crippen LogP) is 3.13. The minimum atomic E-state index is 0.0547. The van der Waals surface area contributed by atoms with Crippen molar-refractivity contribution in [2.75, 3.05) is 6.61 Å². The molecule has 1 aromatic carbocycles. The quantitative estimate of drug-likeness (QED) is 0.809. The number of aliphatic hydroxyl groups excluding tert-OH is 1. The molecule has 0 atom stereocenters. The number of halogens is 1. The van der Waals surface area contributed by atoms with Gasteiger partial charge in [0, 0.05) is 10.4 Å². The van der Waals surface area contributed by atoms with Gasteiger partial charge < -0.3 is 5.11 Å². The Morgan fingerprint density at radius 1 is 1.36 bits per heavy atom. The van der Waals surface area contributed by atoms with Crippen molar-refractivity contribution in [2.24, 2.45) is 5.41 Å². The molecule has 1 aliphatic rings. The lowest BCUT2D eigenvalue weighted by Crippen LogP contribution is -2.00. The molecule has 74 valence electrons. The van der Waals surface area contributed by atoms with Crippen LogP contribution in [0.5, 0.6) is 0 Å². The Hall–Kier alpha value is -0.790. The molecule has 0 radical (unpaired) electrons. The number of benzene rings is 1. The Labute approximate surface area is 89.0 Å². The van der Waals surface area contributed by atoms with Crippen LogP contribution in [0.3, 0.4) is 0 Å². The summed E-state index contributed by atoms with van der Waals surface area (Å²) < 4.78 is 0. The summed E-state index contributed by atoms with van der Waals surface area (Å²) in [5, 5.41) is 9.88. The molecule has 14 heavy (non-hydrogen) atoms. The van der Waals surface area contributed by atoms with E-state index in [4.69, 9.17) is 16.7 Å². The number of hydrogen-bond acceptors (Lipinski definition) is 1. The van der Waals surface area contributed by atoms with Gasteiger partial charge in [0.25, 0.3) is 0 Å². The maximum Gasteiger partial charge on any atom is 0.0522 e. The van der Waals surface area contributed by atoms with E-state index in [9.17, 15) is 0 Å². The van der Waals surface area contributed by atoms with Gasteiger partial charge in [0.1, 0.15) is 0 Å². The molecule has 1 aliphatic carbocycles. The van der Waals surface area contributed by atoms with Crippen molar-refractivity contribution in [3.8, 4) is 0 Å². The second kappa shape index (κ2) is 3.76. The van der Waals surface area contributed by atoms with E-state index >= 15 is 0 Å². The number of rotatable bonds is 3. The minimum absolute atomic E-state index is 0.0547. The van der Waals surface area contributed by atoms with Crippen molar-refractivity contribution in [2.45, 2.75) is 12.8 Å². The van der Waals surface area contributed by atoms with Crippen LogP contribution < -0.4 is 0 Å². The van der Waals surface area contributed by atoms with Crippen molar-refractivity contribution in [1.82, 2.24) is 0 Å². The molecule has 1 aromatic rings. The molecule has 1 nitrogen and oxygen atoms in total. The molecule has 1 N–H and O–H groups in total. The second-order valence-electron chi connectivity index (χ2n) is 3.88. The molecule has 2 rings (SSSR count). The van der Waals surface area contributed by atoms with Gasteiger partial charge in [-0.3, -0.25) is 0 Å². The number of hydrogen-bond donors (Lipinski definition) is 1. The summed E-state index contributed by atoms with van der Waals surface area (Å²) >= 11 is 6.00. The molecule has 0 heterocycles. The van der Waals surface area contributed by atoms with E-state index in [1.165, 1.54) is 0 Å². The van der Waals surface area contributed by atoms with Gasteiger partial charge in [-0.25, -0.2) is 0 Å². The summed E-state index contributed by atoms with van der Waals surface area (Å²) in [6, 6.07) is 7.73. The second-order valence-corrected chi connectivity index (χ2v) is 4.28. The Kier molecular flexibility index (Phi) is 2.62. The first-order valence-electron chi connectivity index (χ1n) is 4.80. The molecule has 0 unspecified atom stereocenters. The zero-order chi connectivity index (χ0) is 10.0. The highest BCUT2D eigenvalue weighted by molar-refractivity contribution is 6.32. The third kappa shape index (κ3) is 1.99. The van der Waals surface area contributed by atoms with Crippen molar-refractivity contribution in [3.63, 3.8) is 0 Å². The molecule has 0 aromatic heterocycles. The summed E-state index contributed by atoms with van der Waals surface area (Å²) in [5.74, 6) is 0. The fourth-order valence-electron chi connectivity index (χ4n) is 1.41. The Balaban J connectivity index is 2.14. The van der Waals surface area contributed by atoms with Gasteiger partial charge in [-0.05, 0) is 24.5 Å². The van der Waals surface area contributed by atoms with Gasteiger partial charge in [0.15, 0.2) is 0 Å². The average Bonchev–Trinajstić information content (AvgIpc) is 2.98. The van der Waals surface area contributed by atoms with Crippen LogP contribution in [-0.4, -0.2) is 11.7 Å². The topological polar surface area (TPSA) is 20.2 Å². The SMILES string of the molecule is OCC1(C=Cc2ccccc2Cl)CC1. The Morgan fingerprint density at radius 2 is 2.07 bits per heavy atom. The van der Waals surface area contributed by atoms with Crippen LogP contribution in [0.4, 0.5) is 0 Å². The predicted molar refractivity (Wildman–Crippen MR) is 59.2 cm³/mol. The fraction of sp³-hybridized carbons (Fsp3) is 0.333. The Bertz CT molecular complexity index is 353. The lowest BCUT2D eigenvalue weighted by Gasteiger charge is -2.03. The highest BCUT2D eigenvalue weighted by atomic mass is 35.5. The molecule has 1 saturated carbocycles. The molecule has 0 saturated heterocycles. The van der Waals surface area contributed by atoms with Crippen LogP contribution in [0.2, 0.25) is 5.02 Å². The average molecular weight is 209 g/mol. The van der Waals surface area contributed by atoms with Crippen LogP contribution in [0.1, 0.15) is 18.4 Å². The smallest absolute Gasteiger partial charge is 0.0522 e. The molecule has 0 bridgehead atoms. The first kappa shape index (κ1) is 9.75. The third-order valence-electron chi connectivity index (χ3n) is 2.73. The zero-order valence-electron chi connectivity index (χ0n) is 7.91. The van der Waals surface area contributed by atoms with E-state index in [2.05, 4.69) is 6.08 Å². The Morgan fingerprint density at radius 3 is 2.64 bits per heavy atom. The molecule has 2 heteroatoms. The molecular formula is C12H13ClO. The lowest BCUT2D eigenvalue weighted by atomic mass is 10.1. The van der Waals surface area contributed by atoms with Gasteiger partial charge in [0.2, 0.25) is 0 Å². The fourth-order valence-corrected chi connectivity index (χ4v) is 1.61. The lowest BCUT2D eigenvalue weighted by molar-refractivity contribution is 0.242. The van der Waals surface area contributed by atoms with Crippen LogP contribution in [0.25, 0.3) is 6.08 Å². The van der Waals surface area contributed by atoms with E-state index < -0.39 is 0 Å². The molecule has 0 amide bonds. The third-order valence-corrected chi connectivity index (χ3v) is 3.07. The summed E-state index contributed by atoms with van der Waals surface area (Å²) in [6.45, 7) is 0.244. The normalized spacial score (nSPS) is 18.7. The minimum Gasteiger partial charge on any atom is -0.395 e. The first-order valence-corrected chi connectivity index (χ1v) is 5.18. The summed E-state index contributed by atoms with van der Waals surface area (Å²) in [6.07, 6.45) is 6.26. The molecule has 0 spiro atoms. The van der Waals surface area contributed by atoms with Crippen LogP contribution in [0.15, 0.2) is 30.3 Å². The van der Waals surface area contributed by atoms with Gasteiger partial charge >= 0.3 is 0 Å². The highest BCUT2D eigenvalue weighted by Crippen LogP contribution is 2.46. The van der Waals surface area contributed by atoms with Gasteiger partial charge in [-0.1, -0.05) is 42.0 Å². The van der Waals surface area contributed by atoms with Gasteiger partial charge in [-0.2, -0.15) is 0 Å². The van der Waals surface area contributed by atoms with Crippen molar-refractivity contribution < 1.29 is 5.11 Å². The summed E-state index contributed by atoms with van der Waals surface area (Å²) in [5.41, 5.74) is 1.08. The van der Waals surface area contributed by atoms with Crippen LogP contribution in [0, 0.1) is 5.41 Å².